The second-order valence-corrected chi connectivity index (χ2v) is 5.66. The van der Waals surface area contributed by atoms with Crippen LogP contribution in [-0.4, -0.2) is 31.6 Å². The van der Waals surface area contributed by atoms with E-state index < -0.39 is 47.3 Å². The van der Waals surface area contributed by atoms with Crippen LogP contribution in [0.15, 0.2) is 23.8 Å². The molecule has 0 spiro atoms. The first kappa shape index (κ1) is 16.4. The molecule has 7 heteroatoms. The quantitative estimate of drug-likeness (QED) is 0.719. The van der Waals surface area contributed by atoms with E-state index in [1.807, 2.05) is 0 Å². The zero-order valence-electron chi connectivity index (χ0n) is 11.9. The van der Waals surface area contributed by atoms with Gasteiger partial charge in [-0.15, -0.1) is 0 Å². The van der Waals surface area contributed by atoms with Gasteiger partial charge < -0.3 is 9.47 Å². The van der Waals surface area contributed by atoms with Gasteiger partial charge in [0.1, 0.15) is 6.10 Å². The van der Waals surface area contributed by atoms with Gasteiger partial charge in [-0.2, -0.15) is 13.2 Å². The highest BCUT2D eigenvalue weighted by Gasteiger charge is 2.62. The van der Waals surface area contributed by atoms with Gasteiger partial charge >= 0.3 is 6.18 Å². The van der Waals surface area contributed by atoms with E-state index in [0.717, 1.165) is 13.0 Å². The summed E-state index contributed by atoms with van der Waals surface area (Å²) in [4.78, 5) is 0. The zero-order chi connectivity index (χ0) is 16.0. The molecule has 0 amide bonds. The maximum atomic E-state index is 13.8. The summed E-state index contributed by atoms with van der Waals surface area (Å²) in [5.74, 6) is -4.36. The highest BCUT2D eigenvalue weighted by molar-refractivity contribution is 5.27. The van der Waals surface area contributed by atoms with E-state index in [9.17, 15) is 22.0 Å². The number of hydrogen-bond donors (Lipinski definition) is 0. The van der Waals surface area contributed by atoms with E-state index in [1.54, 1.807) is 0 Å². The number of ether oxygens (including phenoxy) is 2. The predicted molar refractivity (Wildman–Crippen MR) is 65.7 cm³/mol. The van der Waals surface area contributed by atoms with Crippen LogP contribution >= 0.6 is 0 Å². The third-order valence-electron chi connectivity index (χ3n) is 4.69. The Kier molecular flexibility index (Phi) is 4.19. The van der Waals surface area contributed by atoms with Crippen LogP contribution < -0.4 is 0 Å². The Morgan fingerprint density at radius 3 is 2.43 bits per heavy atom. The molecule has 0 radical (unpaired) electrons. The molecule has 0 aromatic heterocycles. The van der Waals surface area contributed by atoms with Gasteiger partial charge in [-0.1, -0.05) is 13.0 Å². The Bertz CT molecular complexity index is 470. The van der Waals surface area contributed by atoms with Crippen molar-refractivity contribution in [1.82, 2.24) is 0 Å². The molecular formula is C14H17F5O2. The van der Waals surface area contributed by atoms with Gasteiger partial charge in [0, 0.05) is 13.0 Å². The maximum absolute atomic E-state index is 13.8. The molecule has 1 heterocycles. The van der Waals surface area contributed by atoms with Crippen LogP contribution in [0.1, 0.15) is 13.8 Å². The van der Waals surface area contributed by atoms with E-state index in [2.05, 4.69) is 0 Å². The Labute approximate surface area is 119 Å². The summed E-state index contributed by atoms with van der Waals surface area (Å²) in [5, 5.41) is 0. The Balaban J connectivity index is 2.27. The SMILES string of the molecule is COC1C(F)=C(F)C=CC1C1CO[C@@](C)(C(F)(F)F)C1C. The van der Waals surface area contributed by atoms with E-state index in [4.69, 9.17) is 9.47 Å². The number of hydrogen-bond acceptors (Lipinski definition) is 2. The van der Waals surface area contributed by atoms with Gasteiger partial charge in [-0.3, -0.25) is 0 Å². The number of allylic oxidation sites excluding steroid dienone is 2. The third kappa shape index (κ3) is 2.50. The Morgan fingerprint density at radius 1 is 1.33 bits per heavy atom. The molecular weight excluding hydrogens is 295 g/mol. The number of alkyl halides is 3. The maximum Gasteiger partial charge on any atom is 0.417 e. The van der Waals surface area contributed by atoms with Crippen molar-refractivity contribution in [3.8, 4) is 0 Å². The van der Waals surface area contributed by atoms with Crippen LogP contribution in [0.3, 0.4) is 0 Å². The molecule has 1 fully saturated rings. The van der Waals surface area contributed by atoms with Crippen molar-refractivity contribution in [3.05, 3.63) is 23.8 Å². The van der Waals surface area contributed by atoms with Crippen LogP contribution in [0.5, 0.6) is 0 Å². The minimum atomic E-state index is -4.53. The van der Waals surface area contributed by atoms with Crippen molar-refractivity contribution in [1.29, 1.82) is 0 Å². The normalized spacial score (nSPS) is 41.0. The standard InChI is InChI=1S/C14H17F5O2/c1-7-9(6-21-13(7,2)14(17,18)19)8-4-5-10(15)11(16)12(8)20-3/h4-5,7-9,12H,6H2,1-3H3/t7?,8?,9?,12?,13-/m1/s1. The van der Waals surface area contributed by atoms with E-state index in [0.29, 0.717) is 0 Å². The second-order valence-electron chi connectivity index (χ2n) is 5.66. The summed E-state index contributed by atoms with van der Waals surface area (Å²) in [6.45, 7) is 2.22. The fourth-order valence-corrected chi connectivity index (χ4v) is 3.05. The lowest BCUT2D eigenvalue weighted by molar-refractivity contribution is -0.266. The summed E-state index contributed by atoms with van der Waals surface area (Å²) in [5.41, 5.74) is -2.29. The molecule has 0 N–H and O–H groups in total. The molecule has 0 bridgehead atoms. The topological polar surface area (TPSA) is 18.5 Å². The summed E-state index contributed by atoms with van der Waals surface area (Å²) in [7, 11) is 1.20. The molecule has 120 valence electrons. The van der Waals surface area contributed by atoms with Gasteiger partial charge in [-0.05, 0) is 24.8 Å². The summed E-state index contributed by atoms with van der Waals surface area (Å²) < 4.78 is 76.3. The van der Waals surface area contributed by atoms with Crippen molar-refractivity contribution in [2.24, 2.45) is 17.8 Å². The van der Waals surface area contributed by atoms with Gasteiger partial charge in [0.05, 0.1) is 6.61 Å². The predicted octanol–water partition coefficient (Wildman–Crippen LogP) is 3.94. The highest BCUT2D eigenvalue weighted by Crippen LogP contribution is 2.50. The Hall–Kier alpha value is -0.950. The molecule has 2 aliphatic rings. The van der Waals surface area contributed by atoms with Gasteiger partial charge in [0.25, 0.3) is 0 Å². The van der Waals surface area contributed by atoms with Gasteiger partial charge in [-0.25, -0.2) is 8.78 Å². The molecule has 1 aliphatic carbocycles. The van der Waals surface area contributed by atoms with Crippen LogP contribution in [0.2, 0.25) is 0 Å². The lowest BCUT2D eigenvalue weighted by Gasteiger charge is -2.35. The van der Waals surface area contributed by atoms with E-state index in [1.165, 1.54) is 20.1 Å². The molecule has 1 aliphatic heterocycles. The van der Waals surface area contributed by atoms with Crippen LogP contribution in [-0.2, 0) is 9.47 Å². The van der Waals surface area contributed by atoms with Crippen LogP contribution in [0.25, 0.3) is 0 Å². The highest BCUT2D eigenvalue weighted by atomic mass is 19.4. The van der Waals surface area contributed by atoms with Crippen molar-refractivity contribution >= 4 is 0 Å². The van der Waals surface area contributed by atoms with Crippen molar-refractivity contribution in [2.75, 3.05) is 13.7 Å². The van der Waals surface area contributed by atoms with Crippen molar-refractivity contribution in [3.63, 3.8) is 0 Å². The smallest absolute Gasteiger partial charge is 0.374 e. The molecule has 2 nitrogen and oxygen atoms in total. The van der Waals surface area contributed by atoms with Crippen molar-refractivity contribution < 1.29 is 31.4 Å². The lowest BCUT2D eigenvalue weighted by atomic mass is 9.73. The van der Waals surface area contributed by atoms with Gasteiger partial charge in [0.2, 0.25) is 0 Å². The summed E-state index contributed by atoms with van der Waals surface area (Å²) >= 11 is 0. The first-order chi connectivity index (χ1) is 9.63. The third-order valence-corrected chi connectivity index (χ3v) is 4.69. The lowest BCUT2D eigenvalue weighted by Crippen LogP contribution is -2.48. The van der Waals surface area contributed by atoms with E-state index in [-0.39, 0.29) is 6.61 Å². The molecule has 4 unspecified atom stereocenters. The molecule has 0 saturated carbocycles. The number of methoxy groups -OCH3 is 1. The largest absolute Gasteiger partial charge is 0.417 e. The minimum absolute atomic E-state index is 0.180. The van der Waals surface area contributed by atoms with Crippen LogP contribution in [0, 0.1) is 17.8 Å². The van der Waals surface area contributed by atoms with Crippen molar-refractivity contribution in [2.45, 2.75) is 31.7 Å². The molecule has 2 rings (SSSR count). The minimum Gasteiger partial charge on any atom is -0.374 e. The second kappa shape index (κ2) is 5.35. The molecule has 5 atom stereocenters. The summed E-state index contributed by atoms with van der Waals surface area (Å²) in [6, 6.07) is 0. The fraction of sp³-hybridized carbons (Fsp3) is 0.714. The number of halogens is 5. The molecule has 1 saturated heterocycles. The van der Waals surface area contributed by atoms with E-state index >= 15 is 0 Å². The molecule has 21 heavy (non-hydrogen) atoms. The first-order valence-corrected chi connectivity index (χ1v) is 6.60. The Morgan fingerprint density at radius 2 is 1.95 bits per heavy atom. The average Bonchev–Trinajstić information content (AvgIpc) is 2.70. The summed E-state index contributed by atoms with van der Waals surface area (Å²) in [6.07, 6.45) is -3.45. The zero-order valence-corrected chi connectivity index (χ0v) is 11.9. The van der Waals surface area contributed by atoms with Gasteiger partial charge in [0.15, 0.2) is 17.3 Å². The molecule has 0 aromatic carbocycles. The fourth-order valence-electron chi connectivity index (χ4n) is 3.05. The molecule has 0 aromatic rings. The van der Waals surface area contributed by atoms with Crippen LogP contribution in [0.4, 0.5) is 22.0 Å². The number of rotatable bonds is 2. The monoisotopic (exact) mass is 312 g/mol. The first-order valence-electron chi connectivity index (χ1n) is 6.60. The average molecular weight is 312 g/mol.